The summed E-state index contributed by atoms with van der Waals surface area (Å²) in [5.41, 5.74) is 5.93. The predicted octanol–water partition coefficient (Wildman–Crippen LogP) is -0.972. The standard InChI is InChI=1S/C14H21NO9/c1-6(16)20-5-10-12(21-7(2)17)13(22-8(3)18)11(15)14(24-10)23-9(4)19/h10-14H,5,15H2,1-4H3/t10-,11?,12?,13-,14-/m1/s1. The fraction of sp³-hybridized carbons (Fsp3) is 0.714. The van der Waals surface area contributed by atoms with Gasteiger partial charge in [-0.1, -0.05) is 0 Å². The lowest BCUT2D eigenvalue weighted by Gasteiger charge is -2.42. The number of carbonyl (C=O) groups is 4. The van der Waals surface area contributed by atoms with Crippen molar-refractivity contribution in [2.24, 2.45) is 5.73 Å². The van der Waals surface area contributed by atoms with Gasteiger partial charge in [-0.05, 0) is 0 Å². The second-order valence-corrected chi connectivity index (χ2v) is 5.18. The largest absolute Gasteiger partial charge is 0.463 e. The highest BCUT2D eigenvalue weighted by Gasteiger charge is 2.50. The van der Waals surface area contributed by atoms with Crippen LogP contribution in [0.5, 0.6) is 0 Å². The van der Waals surface area contributed by atoms with E-state index < -0.39 is 54.5 Å². The molecule has 24 heavy (non-hydrogen) atoms. The van der Waals surface area contributed by atoms with Gasteiger partial charge in [0.05, 0.1) is 0 Å². The molecule has 1 aliphatic rings. The van der Waals surface area contributed by atoms with Gasteiger partial charge in [0, 0.05) is 27.7 Å². The van der Waals surface area contributed by atoms with E-state index >= 15 is 0 Å². The molecule has 1 aliphatic heterocycles. The van der Waals surface area contributed by atoms with Crippen molar-refractivity contribution >= 4 is 23.9 Å². The summed E-state index contributed by atoms with van der Waals surface area (Å²) >= 11 is 0. The quantitative estimate of drug-likeness (QED) is 0.487. The van der Waals surface area contributed by atoms with Crippen LogP contribution in [0, 0.1) is 0 Å². The molecule has 1 rings (SSSR count). The minimum atomic E-state index is -1.26. The predicted molar refractivity (Wildman–Crippen MR) is 76.1 cm³/mol. The zero-order valence-corrected chi connectivity index (χ0v) is 13.8. The molecule has 2 N–H and O–H groups in total. The van der Waals surface area contributed by atoms with Gasteiger partial charge in [-0.3, -0.25) is 19.2 Å². The Morgan fingerprint density at radius 2 is 1.33 bits per heavy atom. The first-order valence-corrected chi connectivity index (χ1v) is 7.18. The molecule has 0 saturated carbocycles. The van der Waals surface area contributed by atoms with E-state index in [4.69, 9.17) is 29.4 Å². The monoisotopic (exact) mass is 347 g/mol. The SMILES string of the molecule is CC(=O)OC[C@H]1O[C@@H](OC(C)=O)C(N)[C@@H](OC(C)=O)C1OC(C)=O. The summed E-state index contributed by atoms with van der Waals surface area (Å²) in [7, 11) is 0. The first-order valence-electron chi connectivity index (χ1n) is 7.18. The zero-order valence-electron chi connectivity index (χ0n) is 13.8. The molecular formula is C14H21NO9. The maximum atomic E-state index is 11.3. The maximum Gasteiger partial charge on any atom is 0.304 e. The topological polar surface area (TPSA) is 140 Å². The van der Waals surface area contributed by atoms with Gasteiger partial charge in [0.1, 0.15) is 18.8 Å². The number of esters is 4. The highest BCUT2D eigenvalue weighted by Crippen LogP contribution is 2.26. The Morgan fingerprint density at radius 1 is 0.833 bits per heavy atom. The Morgan fingerprint density at radius 3 is 1.79 bits per heavy atom. The molecule has 1 fully saturated rings. The van der Waals surface area contributed by atoms with Crippen LogP contribution in [0.4, 0.5) is 0 Å². The Labute approximate surface area is 138 Å². The van der Waals surface area contributed by atoms with E-state index in [1.807, 2.05) is 0 Å². The van der Waals surface area contributed by atoms with Gasteiger partial charge in [-0.25, -0.2) is 0 Å². The normalized spacial score (nSPS) is 29.3. The molecule has 0 aromatic carbocycles. The number of ether oxygens (including phenoxy) is 5. The van der Waals surface area contributed by atoms with E-state index in [0.717, 1.165) is 20.8 Å². The van der Waals surface area contributed by atoms with Crippen LogP contribution in [0.1, 0.15) is 27.7 Å². The number of carbonyl (C=O) groups excluding carboxylic acids is 4. The molecule has 0 radical (unpaired) electrons. The lowest BCUT2D eigenvalue weighted by molar-refractivity contribution is -0.267. The minimum absolute atomic E-state index is 0.310. The Balaban J connectivity index is 3.08. The summed E-state index contributed by atoms with van der Waals surface area (Å²) in [6.45, 7) is 4.32. The molecule has 10 nitrogen and oxygen atoms in total. The van der Waals surface area contributed by atoms with Crippen LogP contribution < -0.4 is 5.73 Å². The second-order valence-electron chi connectivity index (χ2n) is 5.18. The lowest BCUT2D eigenvalue weighted by Crippen LogP contribution is -2.65. The number of hydrogen-bond donors (Lipinski definition) is 1. The fourth-order valence-corrected chi connectivity index (χ4v) is 2.20. The van der Waals surface area contributed by atoms with Gasteiger partial charge in [-0.2, -0.15) is 0 Å². The van der Waals surface area contributed by atoms with Crippen LogP contribution in [-0.2, 0) is 42.9 Å². The average Bonchev–Trinajstić information content (AvgIpc) is 2.42. The van der Waals surface area contributed by atoms with Crippen LogP contribution in [0.3, 0.4) is 0 Å². The Bertz CT molecular complexity index is 490. The third-order valence-corrected chi connectivity index (χ3v) is 3.03. The number of nitrogens with two attached hydrogens (primary N) is 1. The highest BCUT2D eigenvalue weighted by molar-refractivity contribution is 5.68. The van der Waals surface area contributed by atoms with Gasteiger partial charge in [0.15, 0.2) is 12.2 Å². The van der Waals surface area contributed by atoms with E-state index in [1.54, 1.807) is 0 Å². The second kappa shape index (κ2) is 8.60. The summed E-state index contributed by atoms with van der Waals surface area (Å²) in [6.07, 6.45) is -4.58. The van der Waals surface area contributed by atoms with Crippen molar-refractivity contribution in [2.75, 3.05) is 6.61 Å². The van der Waals surface area contributed by atoms with Gasteiger partial charge in [0.2, 0.25) is 6.29 Å². The first-order chi connectivity index (χ1) is 11.1. The molecule has 2 unspecified atom stereocenters. The molecule has 5 atom stereocenters. The van der Waals surface area contributed by atoms with Crippen molar-refractivity contribution in [3.05, 3.63) is 0 Å². The van der Waals surface area contributed by atoms with E-state index in [9.17, 15) is 19.2 Å². The van der Waals surface area contributed by atoms with Gasteiger partial charge in [0.25, 0.3) is 0 Å². The van der Waals surface area contributed by atoms with E-state index in [2.05, 4.69) is 0 Å². The number of hydrogen-bond acceptors (Lipinski definition) is 10. The summed E-state index contributed by atoms with van der Waals surface area (Å²) in [5.74, 6) is -2.62. The van der Waals surface area contributed by atoms with Crippen LogP contribution in [0.15, 0.2) is 0 Å². The van der Waals surface area contributed by atoms with Crippen molar-refractivity contribution in [2.45, 2.75) is 58.3 Å². The van der Waals surface area contributed by atoms with E-state index in [1.165, 1.54) is 6.92 Å². The van der Waals surface area contributed by atoms with Crippen LogP contribution in [0.25, 0.3) is 0 Å². The van der Waals surface area contributed by atoms with Gasteiger partial charge in [-0.15, -0.1) is 0 Å². The third-order valence-electron chi connectivity index (χ3n) is 3.03. The molecule has 10 heteroatoms. The average molecular weight is 347 g/mol. The van der Waals surface area contributed by atoms with Crippen molar-refractivity contribution in [3.63, 3.8) is 0 Å². The summed E-state index contributed by atoms with van der Waals surface area (Å²) in [6, 6.07) is -1.10. The van der Waals surface area contributed by atoms with Crippen LogP contribution >= 0.6 is 0 Å². The van der Waals surface area contributed by atoms with Gasteiger partial charge >= 0.3 is 23.9 Å². The van der Waals surface area contributed by atoms with Crippen molar-refractivity contribution < 1.29 is 42.9 Å². The number of rotatable bonds is 5. The van der Waals surface area contributed by atoms with Crippen LogP contribution in [-0.4, -0.2) is 61.1 Å². The smallest absolute Gasteiger partial charge is 0.304 e. The molecule has 136 valence electrons. The molecule has 0 aromatic heterocycles. The molecule has 1 saturated heterocycles. The maximum absolute atomic E-state index is 11.3. The lowest BCUT2D eigenvalue weighted by atomic mass is 9.97. The summed E-state index contributed by atoms with van der Waals surface area (Å²) in [5, 5.41) is 0. The zero-order chi connectivity index (χ0) is 18.4. The van der Waals surface area contributed by atoms with Crippen molar-refractivity contribution in [1.82, 2.24) is 0 Å². The van der Waals surface area contributed by atoms with Crippen LogP contribution in [0.2, 0.25) is 0 Å². The third kappa shape index (κ3) is 5.78. The van der Waals surface area contributed by atoms with E-state index in [-0.39, 0.29) is 6.61 Å². The minimum Gasteiger partial charge on any atom is -0.463 e. The molecular weight excluding hydrogens is 326 g/mol. The molecule has 0 spiro atoms. The highest BCUT2D eigenvalue weighted by atomic mass is 16.7. The van der Waals surface area contributed by atoms with Crippen molar-refractivity contribution in [1.29, 1.82) is 0 Å². The Hall–Kier alpha value is -2.20. The molecule has 0 aromatic rings. The molecule has 0 amide bonds. The van der Waals surface area contributed by atoms with E-state index in [0.29, 0.717) is 0 Å². The Kier molecular flexibility index (Phi) is 7.11. The molecule has 0 bridgehead atoms. The fourth-order valence-electron chi connectivity index (χ4n) is 2.20. The van der Waals surface area contributed by atoms with Gasteiger partial charge < -0.3 is 29.4 Å². The molecule has 0 aliphatic carbocycles. The summed E-state index contributed by atoms with van der Waals surface area (Å²) < 4.78 is 25.5. The first kappa shape index (κ1) is 19.8. The van der Waals surface area contributed by atoms with Crippen molar-refractivity contribution in [3.8, 4) is 0 Å². The summed E-state index contributed by atoms with van der Waals surface area (Å²) in [4.78, 5) is 44.9. The molecule has 1 heterocycles.